The minimum Gasteiger partial charge on any atom is -0.479 e. The standard InChI is InChI=1S/C8H12N4O4/c1-11(5-14)7(8(15)16)6-4-12(2-3-13)10-9-6/h4-5,7,13H,2-3H2,1H3,(H,15,16). The molecule has 1 amide bonds. The molecule has 1 heterocycles. The van der Waals surface area contributed by atoms with E-state index in [-0.39, 0.29) is 18.8 Å². The molecule has 1 rings (SSSR count). The highest BCUT2D eigenvalue weighted by molar-refractivity contribution is 5.77. The number of hydrogen-bond acceptors (Lipinski definition) is 5. The van der Waals surface area contributed by atoms with Crippen LogP contribution in [0.5, 0.6) is 0 Å². The second-order valence-electron chi connectivity index (χ2n) is 3.14. The molecular formula is C8H12N4O4. The molecule has 0 aliphatic rings. The van der Waals surface area contributed by atoms with Gasteiger partial charge in [0, 0.05) is 7.05 Å². The highest BCUT2D eigenvalue weighted by Gasteiger charge is 2.26. The fourth-order valence-electron chi connectivity index (χ4n) is 1.22. The van der Waals surface area contributed by atoms with E-state index in [4.69, 9.17) is 10.2 Å². The first kappa shape index (κ1) is 12.1. The first-order valence-corrected chi connectivity index (χ1v) is 4.51. The van der Waals surface area contributed by atoms with Crippen LogP contribution in [0.4, 0.5) is 0 Å². The Balaban J connectivity index is 2.92. The molecule has 0 radical (unpaired) electrons. The van der Waals surface area contributed by atoms with Gasteiger partial charge >= 0.3 is 5.97 Å². The number of aliphatic hydroxyl groups is 1. The Morgan fingerprint density at radius 3 is 2.94 bits per heavy atom. The average Bonchev–Trinajstić information content (AvgIpc) is 2.66. The smallest absolute Gasteiger partial charge is 0.332 e. The summed E-state index contributed by atoms with van der Waals surface area (Å²) in [7, 11) is 1.34. The minimum atomic E-state index is -1.19. The van der Waals surface area contributed by atoms with E-state index >= 15 is 0 Å². The van der Waals surface area contributed by atoms with E-state index in [1.165, 1.54) is 17.9 Å². The molecule has 8 heteroatoms. The Hall–Kier alpha value is -1.96. The largest absolute Gasteiger partial charge is 0.479 e. The van der Waals surface area contributed by atoms with Crippen LogP contribution in [-0.4, -0.2) is 56.1 Å². The van der Waals surface area contributed by atoms with Gasteiger partial charge in [0.25, 0.3) is 0 Å². The van der Waals surface area contributed by atoms with Gasteiger partial charge in [-0.3, -0.25) is 4.79 Å². The first-order valence-electron chi connectivity index (χ1n) is 4.51. The number of aliphatic hydroxyl groups excluding tert-OH is 1. The van der Waals surface area contributed by atoms with Crippen molar-refractivity contribution in [3.63, 3.8) is 0 Å². The number of aromatic nitrogens is 3. The zero-order valence-corrected chi connectivity index (χ0v) is 8.65. The topological polar surface area (TPSA) is 109 Å². The molecule has 1 aromatic heterocycles. The lowest BCUT2D eigenvalue weighted by molar-refractivity contribution is -0.146. The molecule has 0 spiro atoms. The van der Waals surface area contributed by atoms with Gasteiger partial charge in [-0.15, -0.1) is 5.10 Å². The van der Waals surface area contributed by atoms with E-state index in [1.807, 2.05) is 0 Å². The average molecular weight is 228 g/mol. The lowest BCUT2D eigenvalue weighted by atomic mass is 10.2. The van der Waals surface area contributed by atoms with Gasteiger partial charge < -0.3 is 15.1 Å². The minimum absolute atomic E-state index is 0.121. The highest BCUT2D eigenvalue weighted by Crippen LogP contribution is 2.15. The number of carboxylic acids is 1. The number of carboxylic acid groups (broad SMARTS) is 1. The molecule has 0 aliphatic carbocycles. The number of nitrogens with zero attached hydrogens (tertiary/aromatic N) is 4. The summed E-state index contributed by atoms with van der Waals surface area (Å²) in [6.07, 6.45) is 1.79. The van der Waals surface area contributed by atoms with Gasteiger partial charge in [-0.25, -0.2) is 9.48 Å². The lowest BCUT2D eigenvalue weighted by Gasteiger charge is -2.17. The van der Waals surface area contributed by atoms with Crippen LogP contribution >= 0.6 is 0 Å². The van der Waals surface area contributed by atoms with Crippen LogP contribution in [0.1, 0.15) is 11.7 Å². The number of hydrogen-bond donors (Lipinski definition) is 2. The van der Waals surface area contributed by atoms with Gasteiger partial charge in [0.05, 0.1) is 19.3 Å². The van der Waals surface area contributed by atoms with Crippen molar-refractivity contribution in [2.24, 2.45) is 0 Å². The third-order valence-electron chi connectivity index (χ3n) is 1.97. The summed E-state index contributed by atoms with van der Waals surface area (Å²) in [5, 5.41) is 24.9. The van der Waals surface area contributed by atoms with Crippen LogP contribution in [0.2, 0.25) is 0 Å². The zero-order chi connectivity index (χ0) is 12.1. The van der Waals surface area contributed by atoms with Crippen molar-refractivity contribution < 1.29 is 19.8 Å². The van der Waals surface area contributed by atoms with Gasteiger partial charge in [0.2, 0.25) is 6.41 Å². The fourth-order valence-corrected chi connectivity index (χ4v) is 1.22. The van der Waals surface area contributed by atoms with Crippen molar-refractivity contribution in [2.45, 2.75) is 12.6 Å². The zero-order valence-electron chi connectivity index (χ0n) is 8.65. The van der Waals surface area contributed by atoms with E-state index in [0.717, 1.165) is 4.90 Å². The Morgan fingerprint density at radius 2 is 2.44 bits per heavy atom. The number of likely N-dealkylation sites (N-methyl/N-ethyl adjacent to an activating group) is 1. The van der Waals surface area contributed by atoms with E-state index in [0.29, 0.717) is 6.41 Å². The lowest BCUT2D eigenvalue weighted by Crippen LogP contribution is -2.30. The van der Waals surface area contributed by atoms with Crippen LogP contribution in [0, 0.1) is 0 Å². The van der Waals surface area contributed by atoms with Crippen LogP contribution in [0.15, 0.2) is 6.20 Å². The molecule has 0 saturated carbocycles. The van der Waals surface area contributed by atoms with Crippen molar-refractivity contribution in [1.82, 2.24) is 19.9 Å². The summed E-state index contributed by atoms with van der Waals surface area (Å²) in [5.41, 5.74) is 0.149. The second-order valence-corrected chi connectivity index (χ2v) is 3.14. The van der Waals surface area contributed by atoms with Gasteiger partial charge in [-0.05, 0) is 0 Å². The molecule has 1 aromatic rings. The van der Waals surface area contributed by atoms with Crippen LogP contribution in [0.25, 0.3) is 0 Å². The summed E-state index contributed by atoms with van der Waals surface area (Å²) in [6, 6.07) is -1.16. The molecule has 2 N–H and O–H groups in total. The van der Waals surface area contributed by atoms with Crippen molar-refractivity contribution >= 4 is 12.4 Å². The molecular weight excluding hydrogens is 216 g/mol. The molecule has 0 aliphatic heterocycles. The summed E-state index contributed by atoms with van der Waals surface area (Å²) in [6.45, 7) is 0.105. The monoisotopic (exact) mass is 228 g/mol. The molecule has 0 bridgehead atoms. The highest BCUT2D eigenvalue weighted by atomic mass is 16.4. The van der Waals surface area contributed by atoms with Gasteiger partial charge in [0.15, 0.2) is 6.04 Å². The Kier molecular flexibility index (Phi) is 3.95. The van der Waals surface area contributed by atoms with Gasteiger partial charge in [-0.1, -0.05) is 5.21 Å². The molecule has 88 valence electrons. The Morgan fingerprint density at radius 1 is 1.75 bits per heavy atom. The molecule has 16 heavy (non-hydrogen) atoms. The van der Waals surface area contributed by atoms with Gasteiger partial charge in [0.1, 0.15) is 5.69 Å². The fraction of sp³-hybridized carbons (Fsp3) is 0.500. The summed E-state index contributed by atoms with van der Waals surface area (Å²) < 4.78 is 1.31. The van der Waals surface area contributed by atoms with E-state index < -0.39 is 12.0 Å². The number of carbonyl (C=O) groups excluding carboxylic acids is 1. The Labute approximate surface area is 91.1 Å². The van der Waals surface area contributed by atoms with Crippen LogP contribution in [-0.2, 0) is 16.1 Å². The number of rotatable bonds is 6. The quantitative estimate of drug-likeness (QED) is 0.572. The van der Waals surface area contributed by atoms with Crippen molar-refractivity contribution in [2.75, 3.05) is 13.7 Å². The molecule has 0 saturated heterocycles. The maximum Gasteiger partial charge on any atom is 0.332 e. The predicted octanol–water partition coefficient (Wildman–Crippen LogP) is -1.52. The number of aliphatic carboxylic acids is 1. The molecule has 1 unspecified atom stereocenters. The van der Waals surface area contributed by atoms with Crippen LogP contribution in [0.3, 0.4) is 0 Å². The van der Waals surface area contributed by atoms with E-state index in [2.05, 4.69) is 10.3 Å². The third-order valence-corrected chi connectivity index (χ3v) is 1.97. The van der Waals surface area contributed by atoms with Crippen molar-refractivity contribution in [3.8, 4) is 0 Å². The predicted molar refractivity (Wildman–Crippen MR) is 51.3 cm³/mol. The normalized spacial score (nSPS) is 12.1. The van der Waals surface area contributed by atoms with E-state index in [9.17, 15) is 9.59 Å². The van der Waals surface area contributed by atoms with Gasteiger partial charge in [-0.2, -0.15) is 0 Å². The van der Waals surface area contributed by atoms with E-state index in [1.54, 1.807) is 0 Å². The maximum absolute atomic E-state index is 10.9. The molecule has 0 fully saturated rings. The Bertz CT molecular complexity index is 378. The molecule has 8 nitrogen and oxygen atoms in total. The third kappa shape index (κ3) is 2.54. The van der Waals surface area contributed by atoms with Crippen molar-refractivity contribution in [1.29, 1.82) is 0 Å². The maximum atomic E-state index is 10.9. The molecule has 1 atom stereocenters. The summed E-state index contributed by atoms with van der Waals surface area (Å²) >= 11 is 0. The summed E-state index contributed by atoms with van der Waals surface area (Å²) in [5.74, 6) is -1.19. The van der Waals surface area contributed by atoms with Crippen molar-refractivity contribution in [3.05, 3.63) is 11.9 Å². The molecule has 0 aromatic carbocycles. The number of amides is 1. The van der Waals surface area contributed by atoms with Crippen LogP contribution < -0.4 is 0 Å². The second kappa shape index (κ2) is 5.21. The SMILES string of the molecule is CN(C=O)C(C(=O)O)c1cn(CCO)nn1. The summed E-state index contributed by atoms with van der Waals surface area (Å²) in [4.78, 5) is 22.4. The first-order chi connectivity index (χ1) is 7.60. The number of carbonyl (C=O) groups is 2.